The van der Waals surface area contributed by atoms with Crippen LogP contribution in [0.2, 0.25) is 0 Å². The number of amides is 1. The lowest BCUT2D eigenvalue weighted by Crippen LogP contribution is -2.46. The number of rotatable bonds is 11. The maximum atomic E-state index is 13.2. The molecule has 23 heavy (non-hydrogen) atoms. The normalized spacial score (nSPS) is 11.7. The molecule has 2 N–H and O–H groups in total. The molecule has 1 aromatic rings. The standard InChI is InChI=1S/C16H23FN2O4/c1-2-23-16(21)15(17)19-18-14(20)10-6-7-11-22-12-13-8-4-3-5-9-13/h3-5,8-9,15,19H,2,6-7,10-12H2,1H3,(H,18,20). The number of esters is 1. The summed E-state index contributed by atoms with van der Waals surface area (Å²) in [6.07, 6.45) is -0.513. The maximum Gasteiger partial charge on any atom is 0.357 e. The van der Waals surface area contributed by atoms with Crippen LogP contribution in [0.1, 0.15) is 31.7 Å². The van der Waals surface area contributed by atoms with Gasteiger partial charge in [0.25, 0.3) is 6.30 Å². The number of ether oxygens (including phenoxy) is 2. The van der Waals surface area contributed by atoms with Crippen molar-refractivity contribution in [3.05, 3.63) is 35.9 Å². The molecule has 0 fully saturated rings. The topological polar surface area (TPSA) is 76.7 Å². The Morgan fingerprint density at radius 3 is 2.65 bits per heavy atom. The second-order valence-corrected chi connectivity index (χ2v) is 4.80. The van der Waals surface area contributed by atoms with Crippen LogP contribution in [-0.2, 0) is 25.7 Å². The Balaban J connectivity index is 2.00. The number of unbranched alkanes of at least 4 members (excludes halogenated alkanes) is 1. The molecule has 0 saturated heterocycles. The predicted octanol–water partition coefficient (Wildman–Crippen LogP) is 1.85. The average molecular weight is 326 g/mol. The van der Waals surface area contributed by atoms with Crippen molar-refractivity contribution in [3.8, 4) is 0 Å². The average Bonchev–Trinajstić information content (AvgIpc) is 2.57. The summed E-state index contributed by atoms with van der Waals surface area (Å²) in [5.41, 5.74) is 5.20. The van der Waals surface area contributed by atoms with Gasteiger partial charge in [0.1, 0.15) is 0 Å². The third-order valence-corrected chi connectivity index (χ3v) is 2.89. The maximum absolute atomic E-state index is 13.2. The van der Waals surface area contributed by atoms with E-state index in [9.17, 15) is 14.0 Å². The quantitative estimate of drug-likeness (QED) is 0.281. The highest BCUT2D eigenvalue weighted by Crippen LogP contribution is 2.02. The van der Waals surface area contributed by atoms with Gasteiger partial charge in [0, 0.05) is 13.0 Å². The van der Waals surface area contributed by atoms with Crippen molar-refractivity contribution in [1.29, 1.82) is 0 Å². The van der Waals surface area contributed by atoms with Gasteiger partial charge in [0.15, 0.2) is 0 Å². The highest BCUT2D eigenvalue weighted by Gasteiger charge is 2.18. The minimum absolute atomic E-state index is 0.0812. The third kappa shape index (κ3) is 8.90. The van der Waals surface area contributed by atoms with Gasteiger partial charge in [-0.2, -0.15) is 5.43 Å². The molecule has 1 atom stereocenters. The van der Waals surface area contributed by atoms with E-state index in [2.05, 4.69) is 10.2 Å². The van der Waals surface area contributed by atoms with Crippen molar-refractivity contribution < 1.29 is 23.5 Å². The molecule has 0 aliphatic rings. The van der Waals surface area contributed by atoms with Crippen molar-refractivity contribution in [2.45, 2.75) is 39.1 Å². The van der Waals surface area contributed by atoms with E-state index < -0.39 is 12.3 Å². The molecular weight excluding hydrogens is 303 g/mol. The fourth-order valence-corrected chi connectivity index (χ4v) is 1.73. The number of hydrogen-bond donors (Lipinski definition) is 2. The smallest absolute Gasteiger partial charge is 0.357 e. The van der Waals surface area contributed by atoms with Crippen LogP contribution in [0.4, 0.5) is 4.39 Å². The molecular formula is C16H23FN2O4. The van der Waals surface area contributed by atoms with E-state index in [0.29, 0.717) is 19.6 Å². The fraction of sp³-hybridized carbons (Fsp3) is 0.500. The number of carbonyl (C=O) groups is 2. The van der Waals surface area contributed by atoms with Crippen LogP contribution in [0.5, 0.6) is 0 Å². The Bertz CT molecular complexity index is 470. The number of hydrogen-bond acceptors (Lipinski definition) is 5. The van der Waals surface area contributed by atoms with E-state index in [1.807, 2.05) is 35.8 Å². The molecule has 0 aromatic heterocycles. The number of halogens is 1. The van der Waals surface area contributed by atoms with E-state index >= 15 is 0 Å². The Kier molecular flexibility index (Phi) is 9.58. The number of alkyl halides is 1. The zero-order valence-electron chi connectivity index (χ0n) is 13.2. The second kappa shape index (κ2) is 11.6. The Morgan fingerprint density at radius 2 is 1.96 bits per heavy atom. The van der Waals surface area contributed by atoms with Gasteiger partial charge in [0.2, 0.25) is 5.91 Å². The van der Waals surface area contributed by atoms with Crippen LogP contribution in [0.15, 0.2) is 30.3 Å². The second-order valence-electron chi connectivity index (χ2n) is 4.80. The number of carbonyl (C=O) groups excluding carboxylic acids is 2. The first-order valence-electron chi connectivity index (χ1n) is 7.60. The number of nitrogens with one attached hydrogen (secondary N) is 2. The van der Waals surface area contributed by atoms with Gasteiger partial charge in [0.05, 0.1) is 13.2 Å². The van der Waals surface area contributed by atoms with Crippen LogP contribution >= 0.6 is 0 Å². The molecule has 0 aliphatic heterocycles. The van der Waals surface area contributed by atoms with Crippen LogP contribution in [0.25, 0.3) is 0 Å². The summed E-state index contributed by atoms with van der Waals surface area (Å²) in [6.45, 7) is 2.74. The minimum atomic E-state index is -2.06. The number of benzene rings is 1. The highest BCUT2D eigenvalue weighted by atomic mass is 19.1. The molecule has 1 amide bonds. The zero-order chi connectivity index (χ0) is 16.9. The Hall–Kier alpha value is -1.99. The summed E-state index contributed by atoms with van der Waals surface area (Å²) in [6, 6.07) is 9.81. The summed E-state index contributed by atoms with van der Waals surface area (Å²) in [7, 11) is 0. The van der Waals surface area contributed by atoms with E-state index in [1.165, 1.54) is 0 Å². The van der Waals surface area contributed by atoms with Crippen molar-refractivity contribution in [3.63, 3.8) is 0 Å². The fourth-order valence-electron chi connectivity index (χ4n) is 1.73. The molecule has 0 heterocycles. The third-order valence-electron chi connectivity index (χ3n) is 2.89. The molecule has 0 aliphatic carbocycles. The first-order valence-corrected chi connectivity index (χ1v) is 7.60. The van der Waals surface area contributed by atoms with Crippen molar-refractivity contribution in [1.82, 2.24) is 10.9 Å². The predicted molar refractivity (Wildman–Crippen MR) is 82.8 cm³/mol. The summed E-state index contributed by atoms with van der Waals surface area (Å²) in [4.78, 5) is 22.4. The molecule has 0 bridgehead atoms. The molecule has 128 valence electrons. The first-order chi connectivity index (χ1) is 11.1. The minimum Gasteiger partial charge on any atom is -0.463 e. The van der Waals surface area contributed by atoms with E-state index in [-0.39, 0.29) is 18.9 Å². The summed E-state index contributed by atoms with van der Waals surface area (Å²) in [5.74, 6) is -1.44. The summed E-state index contributed by atoms with van der Waals surface area (Å²) >= 11 is 0. The molecule has 6 nitrogen and oxygen atoms in total. The monoisotopic (exact) mass is 326 g/mol. The van der Waals surface area contributed by atoms with Crippen LogP contribution in [0, 0.1) is 0 Å². The molecule has 0 spiro atoms. The number of hydrazine groups is 1. The van der Waals surface area contributed by atoms with Gasteiger partial charge >= 0.3 is 5.97 Å². The lowest BCUT2D eigenvalue weighted by Gasteiger charge is -2.10. The van der Waals surface area contributed by atoms with E-state index in [0.717, 1.165) is 12.0 Å². The van der Waals surface area contributed by atoms with Crippen LogP contribution < -0.4 is 10.9 Å². The van der Waals surface area contributed by atoms with Gasteiger partial charge in [-0.3, -0.25) is 10.2 Å². The largest absolute Gasteiger partial charge is 0.463 e. The SMILES string of the molecule is CCOC(=O)C(F)NNC(=O)CCCCOCc1ccccc1. The molecule has 1 rings (SSSR count). The van der Waals surface area contributed by atoms with E-state index in [1.54, 1.807) is 6.92 Å². The first kappa shape index (κ1) is 19.1. The van der Waals surface area contributed by atoms with Crippen molar-refractivity contribution in [2.24, 2.45) is 0 Å². The lowest BCUT2D eigenvalue weighted by molar-refractivity contribution is -0.151. The van der Waals surface area contributed by atoms with Gasteiger partial charge in [-0.05, 0) is 25.3 Å². The molecule has 7 heteroatoms. The van der Waals surface area contributed by atoms with Crippen molar-refractivity contribution >= 4 is 11.9 Å². The molecule has 1 unspecified atom stereocenters. The lowest BCUT2D eigenvalue weighted by atomic mass is 10.2. The Labute approximate surface area is 135 Å². The van der Waals surface area contributed by atoms with Crippen molar-refractivity contribution in [2.75, 3.05) is 13.2 Å². The molecule has 0 saturated carbocycles. The van der Waals surface area contributed by atoms with Crippen LogP contribution in [0.3, 0.4) is 0 Å². The van der Waals surface area contributed by atoms with E-state index in [4.69, 9.17) is 4.74 Å². The summed E-state index contributed by atoms with van der Waals surface area (Å²) in [5, 5.41) is 0. The van der Waals surface area contributed by atoms with Gasteiger partial charge in [-0.25, -0.2) is 9.18 Å². The zero-order valence-corrected chi connectivity index (χ0v) is 13.2. The Morgan fingerprint density at radius 1 is 1.22 bits per heavy atom. The van der Waals surface area contributed by atoms with Gasteiger partial charge in [-0.1, -0.05) is 30.3 Å². The van der Waals surface area contributed by atoms with Gasteiger partial charge in [-0.15, -0.1) is 0 Å². The molecule has 0 radical (unpaired) electrons. The highest BCUT2D eigenvalue weighted by molar-refractivity contribution is 5.77. The van der Waals surface area contributed by atoms with Crippen LogP contribution in [-0.4, -0.2) is 31.4 Å². The van der Waals surface area contributed by atoms with Gasteiger partial charge < -0.3 is 9.47 Å². The molecule has 1 aromatic carbocycles. The summed E-state index contributed by atoms with van der Waals surface area (Å²) < 4.78 is 23.1.